The van der Waals surface area contributed by atoms with E-state index >= 15 is 0 Å². The van der Waals surface area contributed by atoms with E-state index < -0.39 is 0 Å². The van der Waals surface area contributed by atoms with Gasteiger partial charge in [0.25, 0.3) is 5.91 Å². The lowest BCUT2D eigenvalue weighted by molar-refractivity contribution is 0.0946. The average Bonchev–Trinajstić information content (AvgIpc) is 3.31. The van der Waals surface area contributed by atoms with Gasteiger partial charge in [0.2, 0.25) is 11.7 Å². The maximum atomic E-state index is 12.3. The Morgan fingerprint density at radius 1 is 1.32 bits per heavy atom. The minimum Gasteiger partial charge on any atom is -0.493 e. The van der Waals surface area contributed by atoms with Crippen molar-refractivity contribution < 1.29 is 18.8 Å². The van der Waals surface area contributed by atoms with Crippen molar-refractivity contribution in [1.82, 2.24) is 15.5 Å². The molecule has 0 bridgehead atoms. The van der Waals surface area contributed by atoms with Crippen LogP contribution in [0.1, 0.15) is 23.2 Å². The molecule has 0 aliphatic heterocycles. The lowest BCUT2D eigenvalue weighted by Gasteiger charge is -2.10. The smallest absolute Gasteiger partial charge is 0.251 e. The number of amides is 1. The zero-order valence-corrected chi connectivity index (χ0v) is 14.6. The normalized spacial score (nSPS) is 10.5. The summed E-state index contributed by atoms with van der Waals surface area (Å²) in [6, 6.07) is 8.83. The molecule has 0 unspecified atom stereocenters. The van der Waals surface area contributed by atoms with E-state index in [2.05, 4.69) is 15.5 Å². The number of carbonyl (C=O) groups is 1. The Morgan fingerprint density at radius 2 is 2.20 bits per heavy atom. The molecule has 8 heteroatoms. The fraction of sp³-hybridized carbons (Fsp3) is 0.235. The van der Waals surface area contributed by atoms with Gasteiger partial charge in [0.1, 0.15) is 0 Å². The minimum absolute atomic E-state index is 0.146. The van der Waals surface area contributed by atoms with E-state index in [1.54, 1.807) is 18.2 Å². The number of hydrogen-bond acceptors (Lipinski definition) is 7. The molecule has 130 valence electrons. The van der Waals surface area contributed by atoms with Gasteiger partial charge in [-0.25, -0.2) is 0 Å². The van der Waals surface area contributed by atoms with Crippen molar-refractivity contribution in [2.45, 2.75) is 13.5 Å². The van der Waals surface area contributed by atoms with Crippen molar-refractivity contribution in [3.05, 3.63) is 47.2 Å². The molecule has 0 fully saturated rings. The van der Waals surface area contributed by atoms with Crippen molar-refractivity contribution >= 4 is 17.2 Å². The predicted molar refractivity (Wildman–Crippen MR) is 92.9 cm³/mol. The van der Waals surface area contributed by atoms with Crippen molar-refractivity contribution in [2.24, 2.45) is 0 Å². The van der Waals surface area contributed by atoms with Crippen molar-refractivity contribution in [3.8, 4) is 22.2 Å². The number of ether oxygens (including phenoxy) is 2. The summed E-state index contributed by atoms with van der Waals surface area (Å²) in [5.74, 6) is 1.69. The van der Waals surface area contributed by atoms with Crippen LogP contribution in [0.25, 0.3) is 10.7 Å². The van der Waals surface area contributed by atoms with Gasteiger partial charge in [-0.2, -0.15) is 4.98 Å². The van der Waals surface area contributed by atoms with Gasteiger partial charge in [-0.3, -0.25) is 4.79 Å². The molecule has 25 heavy (non-hydrogen) atoms. The molecule has 2 heterocycles. The van der Waals surface area contributed by atoms with Crippen molar-refractivity contribution in [2.75, 3.05) is 13.7 Å². The second-order valence-electron chi connectivity index (χ2n) is 4.97. The van der Waals surface area contributed by atoms with Crippen LogP contribution in [0, 0.1) is 0 Å². The molecule has 3 aromatic rings. The first-order chi connectivity index (χ1) is 12.2. The van der Waals surface area contributed by atoms with Crippen LogP contribution in [0.5, 0.6) is 11.5 Å². The van der Waals surface area contributed by atoms with Crippen LogP contribution in [0.4, 0.5) is 0 Å². The molecular formula is C17H17N3O4S. The summed E-state index contributed by atoms with van der Waals surface area (Å²) in [6.07, 6.45) is 0. The highest BCUT2D eigenvalue weighted by molar-refractivity contribution is 7.13. The van der Waals surface area contributed by atoms with Crippen LogP contribution in [-0.4, -0.2) is 29.8 Å². The highest BCUT2D eigenvalue weighted by atomic mass is 32.1. The lowest BCUT2D eigenvalue weighted by Crippen LogP contribution is -2.23. The summed E-state index contributed by atoms with van der Waals surface area (Å²) >= 11 is 1.52. The minimum atomic E-state index is -0.266. The Hall–Kier alpha value is -2.87. The van der Waals surface area contributed by atoms with Crippen LogP contribution in [0.15, 0.2) is 40.2 Å². The molecule has 1 N–H and O–H groups in total. The first-order valence-electron chi connectivity index (χ1n) is 7.66. The zero-order chi connectivity index (χ0) is 17.6. The average molecular weight is 359 g/mol. The molecular weight excluding hydrogens is 342 g/mol. The fourth-order valence-corrected chi connectivity index (χ4v) is 2.82. The number of nitrogens with one attached hydrogen (secondary N) is 1. The Balaban J connectivity index is 1.64. The van der Waals surface area contributed by atoms with Crippen LogP contribution in [0.3, 0.4) is 0 Å². The SMILES string of the molecule is CCOc1ccc(C(=O)NCc2nc(-c3cccs3)no2)cc1OC. The molecule has 0 aliphatic carbocycles. The summed E-state index contributed by atoms with van der Waals surface area (Å²) in [5.41, 5.74) is 0.457. The zero-order valence-electron chi connectivity index (χ0n) is 13.8. The van der Waals surface area contributed by atoms with Gasteiger partial charge in [-0.15, -0.1) is 11.3 Å². The van der Waals surface area contributed by atoms with E-state index in [4.69, 9.17) is 14.0 Å². The second-order valence-corrected chi connectivity index (χ2v) is 5.92. The van der Waals surface area contributed by atoms with E-state index in [0.717, 1.165) is 4.88 Å². The molecule has 0 atom stereocenters. The monoisotopic (exact) mass is 359 g/mol. The molecule has 0 aliphatic rings. The summed E-state index contributed by atoms with van der Waals surface area (Å²) in [7, 11) is 1.53. The number of benzene rings is 1. The van der Waals surface area contributed by atoms with Crippen LogP contribution in [0.2, 0.25) is 0 Å². The maximum absolute atomic E-state index is 12.3. The van der Waals surface area contributed by atoms with Gasteiger partial charge >= 0.3 is 0 Å². The second kappa shape index (κ2) is 7.80. The molecule has 7 nitrogen and oxygen atoms in total. The third kappa shape index (κ3) is 3.97. The van der Waals surface area contributed by atoms with E-state index in [1.807, 2.05) is 24.4 Å². The summed E-state index contributed by atoms with van der Waals surface area (Å²) in [6.45, 7) is 2.55. The Labute approximate surface area is 148 Å². The van der Waals surface area contributed by atoms with Gasteiger partial charge in [-0.05, 0) is 36.6 Å². The van der Waals surface area contributed by atoms with Crippen molar-refractivity contribution in [1.29, 1.82) is 0 Å². The summed E-state index contributed by atoms with van der Waals surface area (Å²) < 4.78 is 15.8. The summed E-state index contributed by atoms with van der Waals surface area (Å²) in [5, 5.41) is 8.59. The van der Waals surface area contributed by atoms with Gasteiger partial charge in [-0.1, -0.05) is 11.2 Å². The first-order valence-corrected chi connectivity index (χ1v) is 8.54. The number of methoxy groups -OCH3 is 1. The fourth-order valence-electron chi connectivity index (χ4n) is 2.17. The van der Waals surface area contributed by atoms with E-state index in [9.17, 15) is 4.79 Å². The van der Waals surface area contributed by atoms with Gasteiger partial charge in [0.15, 0.2) is 11.5 Å². The van der Waals surface area contributed by atoms with E-state index in [1.165, 1.54) is 18.4 Å². The molecule has 0 saturated carbocycles. The van der Waals surface area contributed by atoms with Crippen LogP contribution >= 0.6 is 11.3 Å². The number of thiophene rings is 1. The number of aromatic nitrogens is 2. The lowest BCUT2D eigenvalue weighted by atomic mass is 10.2. The molecule has 0 saturated heterocycles. The number of rotatable bonds is 7. The van der Waals surface area contributed by atoms with Gasteiger partial charge in [0, 0.05) is 5.56 Å². The predicted octanol–water partition coefficient (Wildman–Crippen LogP) is 3.14. The molecule has 1 amide bonds. The molecule has 3 rings (SSSR count). The topological polar surface area (TPSA) is 86.5 Å². The van der Waals surface area contributed by atoms with Gasteiger partial charge < -0.3 is 19.3 Å². The maximum Gasteiger partial charge on any atom is 0.251 e. The molecule has 0 radical (unpaired) electrons. The van der Waals surface area contributed by atoms with Crippen LogP contribution in [-0.2, 0) is 6.54 Å². The van der Waals surface area contributed by atoms with Crippen molar-refractivity contribution in [3.63, 3.8) is 0 Å². The van der Waals surface area contributed by atoms with Crippen LogP contribution < -0.4 is 14.8 Å². The standard InChI is InChI=1S/C17H17N3O4S/c1-3-23-12-7-6-11(9-13(12)22-2)17(21)18-10-15-19-16(20-24-15)14-5-4-8-25-14/h4-9H,3,10H2,1-2H3,(H,18,21). The largest absolute Gasteiger partial charge is 0.493 e. The van der Waals surface area contributed by atoms with Gasteiger partial charge in [0.05, 0.1) is 25.1 Å². The molecule has 1 aromatic carbocycles. The van der Waals surface area contributed by atoms with E-state index in [-0.39, 0.29) is 12.5 Å². The molecule has 0 spiro atoms. The Morgan fingerprint density at radius 3 is 2.92 bits per heavy atom. The highest BCUT2D eigenvalue weighted by Gasteiger charge is 2.13. The highest BCUT2D eigenvalue weighted by Crippen LogP contribution is 2.28. The summed E-state index contributed by atoms with van der Waals surface area (Å²) in [4.78, 5) is 17.5. The van der Waals surface area contributed by atoms with E-state index in [0.29, 0.717) is 35.4 Å². The quantitative estimate of drug-likeness (QED) is 0.697. The Bertz CT molecular complexity index is 845. The Kier molecular flexibility index (Phi) is 5.30. The number of hydrogen-bond donors (Lipinski definition) is 1. The number of nitrogens with zero attached hydrogens (tertiary/aromatic N) is 2. The third-order valence-corrected chi connectivity index (χ3v) is 4.20. The third-order valence-electron chi connectivity index (χ3n) is 3.34. The first kappa shape index (κ1) is 17.0. The number of carbonyl (C=O) groups excluding carboxylic acids is 1. The molecule has 2 aromatic heterocycles.